The van der Waals surface area contributed by atoms with Crippen molar-refractivity contribution in [1.29, 1.82) is 0 Å². The third-order valence-corrected chi connectivity index (χ3v) is 11.0. The lowest BCUT2D eigenvalue weighted by atomic mass is 9.94. The predicted molar refractivity (Wildman–Crippen MR) is 200 cm³/mol. The molecular weight excluding hydrogens is 703 g/mol. The lowest BCUT2D eigenvalue weighted by Gasteiger charge is -2.21. The van der Waals surface area contributed by atoms with Crippen molar-refractivity contribution in [2.24, 2.45) is 5.92 Å². The molecule has 3 heterocycles. The molecule has 0 saturated carbocycles. The molecular formula is C40H42Cl2N4O6. The van der Waals surface area contributed by atoms with Gasteiger partial charge >= 0.3 is 5.97 Å². The molecule has 1 amide bonds. The second-order valence-corrected chi connectivity index (χ2v) is 14.4. The maximum atomic E-state index is 11.5. The number of hydrogen-bond donors (Lipinski definition) is 3. The van der Waals surface area contributed by atoms with Gasteiger partial charge in [-0.15, -0.1) is 0 Å². The molecule has 2 aliphatic heterocycles. The zero-order valence-corrected chi connectivity index (χ0v) is 30.7. The number of nitrogens with one attached hydrogen (secondary N) is 2. The van der Waals surface area contributed by atoms with E-state index in [9.17, 15) is 14.7 Å². The lowest BCUT2D eigenvalue weighted by molar-refractivity contribution is -0.141. The average Bonchev–Trinajstić information content (AvgIpc) is 3.90. The smallest absolute Gasteiger partial charge is 0.307 e. The van der Waals surface area contributed by atoms with Gasteiger partial charge in [-0.3, -0.25) is 14.5 Å². The van der Waals surface area contributed by atoms with E-state index in [4.69, 9.17) is 42.4 Å². The first-order valence-electron chi connectivity index (χ1n) is 17.7. The summed E-state index contributed by atoms with van der Waals surface area (Å²) in [6, 6.07) is 20.0. The van der Waals surface area contributed by atoms with Crippen molar-refractivity contribution in [3.8, 4) is 39.8 Å². The standard InChI is InChI=1S/C40H42Cl2N4O6/c1-50-35-18-36(32(41)17-25(35)22-46-16-15-24(21-46)40(48)49)52-34-13-11-28-27(5-3-6-29(28)34)30-7-4-8-31(38(30)42)33-12-9-23(39(45-33)51-2)19-43-20-26-10-14-37(47)44-26/h3-9,12,17-18,24,26,34,43H,10-11,13-16,19-22H2,1-2H3,(H,44,47)(H,48,49)/t24-,26-,34-/m0/s1. The summed E-state index contributed by atoms with van der Waals surface area (Å²) in [6.45, 7) is 3.01. The molecule has 10 nitrogen and oxygen atoms in total. The van der Waals surface area contributed by atoms with Crippen LogP contribution in [0.1, 0.15) is 54.0 Å². The molecule has 3 aromatic carbocycles. The third kappa shape index (κ3) is 7.57. The second kappa shape index (κ2) is 15.7. The Kier molecular flexibility index (Phi) is 10.9. The maximum absolute atomic E-state index is 11.5. The number of fused-ring (bicyclic) bond motifs is 1. The van der Waals surface area contributed by atoms with Crippen LogP contribution in [-0.2, 0) is 29.1 Å². The number of pyridine rings is 1. The van der Waals surface area contributed by atoms with Crippen LogP contribution in [0.3, 0.4) is 0 Å². The number of carbonyl (C=O) groups is 2. The monoisotopic (exact) mass is 744 g/mol. The minimum Gasteiger partial charge on any atom is -0.496 e. The Morgan fingerprint density at radius 3 is 2.52 bits per heavy atom. The van der Waals surface area contributed by atoms with Gasteiger partial charge < -0.3 is 30.0 Å². The molecule has 3 N–H and O–H groups in total. The van der Waals surface area contributed by atoms with Crippen LogP contribution < -0.4 is 24.8 Å². The fourth-order valence-corrected chi connectivity index (χ4v) is 8.18. The number of carbonyl (C=O) groups excluding carboxylic acids is 1. The molecule has 12 heteroatoms. The minimum atomic E-state index is -0.757. The van der Waals surface area contributed by atoms with Gasteiger partial charge in [0, 0.05) is 67.0 Å². The first-order valence-corrected chi connectivity index (χ1v) is 18.4. The SMILES string of the molecule is COc1cc(O[C@H]2CCc3c(-c4cccc(-c5ccc(CNC[C@@H]6CCC(=O)N6)c(OC)n5)c4Cl)cccc32)c(Cl)cc1CN1CC[C@H](C(=O)O)C1. The fraction of sp³-hybridized carbons (Fsp3) is 0.375. The maximum Gasteiger partial charge on any atom is 0.307 e. The van der Waals surface area contributed by atoms with E-state index in [1.807, 2.05) is 48.5 Å². The van der Waals surface area contributed by atoms with Crippen LogP contribution in [0.25, 0.3) is 22.4 Å². The Bertz CT molecular complexity index is 1990. The molecule has 2 saturated heterocycles. The largest absolute Gasteiger partial charge is 0.496 e. The number of aromatic nitrogens is 1. The second-order valence-electron chi connectivity index (χ2n) is 13.6. The first-order chi connectivity index (χ1) is 25.2. The van der Waals surface area contributed by atoms with Crippen molar-refractivity contribution in [2.75, 3.05) is 33.9 Å². The van der Waals surface area contributed by atoms with Gasteiger partial charge in [-0.05, 0) is 61.1 Å². The Morgan fingerprint density at radius 2 is 1.77 bits per heavy atom. The van der Waals surface area contributed by atoms with Gasteiger partial charge in [-0.25, -0.2) is 4.98 Å². The Morgan fingerprint density at radius 1 is 0.962 bits per heavy atom. The molecule has 0 unspecified atom stereocenters. The number of halogens is 2. The minimum absolute atomic E-state index is 0.102. The lowest BCUT2D eigenvalue weighted by Crippen LogP contribution is -2.35. The number of ether oxygens (including phenoxy) is 3. The van der Waals surface area contributed by atoms with E-state index in [0.717, 1.165) is 52.6 Å². The Hall–Kier alpha value is -4.35. The number of rotatable bonds is 13. The molecule has 1 aromatic heterocycles. The third-order valence-electron chi connectivity index (χ3n) is 10.3. The van der Waals surface area contributed by atoms with Crippen LogP contribution in [0.15, 0.2) is 60.7 Å². The van der Waals surface area contributed by atoms with E-state index in [-0.39, 0.29) is 24.0 Å². The molecule has 0 spiro atoms. The normalized spacial score (nSPS) is 19.8. The number of carboxylic acid groups (broad SMARTS) is 1. The summed E-state index contributed by atoms with van der Waals surface area (Å²) in [7, 11) is 3.23. The Labute approximate surface area is 313 Å². The highest BCUT2D eigenvalue weighted by Gasteiger charge is 2.31. The number of benzene rings is 3. The highest BCUT2D eigenvalue weighted by Crippen LogP contribution is 2.45. The molecule has 272 valence electrons. The van der Waals surface area contributed by atoms with E-state index in [2.05, 4.69) is 27.7 Å². The number of nitrogens with zero attached hydrogens (tertiary/aromatic N) is 2. The predicted octanol–water partition coefficient (Wildman–Crippen LogP) is 7.08. The van der Waals surface area contributed by atoms with Gasteiger partial charge in [0.2, 0.25) is 11.8 Å². The molecule has 0 radical (unpaired) electrons. The van der Waals surface area contributed by atoms with Gasteiger partial charge in [0.25, 0.3) is 0 Å². The van der Waals surface area contributed by atoms with Crippen LogP contribution in [0.4, 0.5) is 0 Å². The van der Waals surface area contributed by atoms with Crippen molar-refractivity contribution < 1.29 is 28.9 Å². The quantitative estimate of drug-likeness (QED) is 0.132. The van der Waals surface area contributed by atoms with Crippen LogP contribution in [-0.4, -0.2) is 66.8 Å². The highest BCUT2D eigenvalue weighted by atomic mass is 35.5. The number of amides is 1. The van der Waals surface area contributed by atoms with Crippen LogP contribution >= 0.6 is 23.2 Å². The zero-order valence-electron chi connectivity index (χ0n) is 29.2. The molecule has 4 aromatic rings. The van der Waals surface area contributed by atoms with Gasteiger partial charge in [-0.1, -0.05) is 65.7 Å². The van der Waals surface area contributed by atoms with E-state index in [1.165, 1.54) is 5.56 Å². The van der Waals surface area contributed by atoms with E-state index in [1.54, 1.807) is 14.2 Å². The summed E-state index contributed by atoms with van der Waals surface area (Å²) in [4.78, 5) is 29.9. The topological polar surface area (TPSA) is 122 Å². The molecule has 52 heavy (non-hydrogen) atoms. The van der Waals surface area contributed by atoms with Gasteiger partial charge in [0.05, 0.1) is 35.9 Å². The molecule has 2 fully saturated rings. The summed E-state index contributed by atoms with van der Waals surface area (Å²) in [6.07, 6.45) is 3.41. The van der Waals surface area contributed by atoms with Crippen molar-refractivity contribution in [1.82, 2.24) is 20.5 Å². The van der Waals surface area contributed by atoms with Gasteiger partial charge in [0.1, 0.15) is 17.6 Å². The van der Waals surface area contributed by atoms with Crippen molar-refractivity contribution >= 4 is 35.1 Å². The van der Waals surface area contributed by atoms with Crippen molar-refractivity contribution in [2.45, 2.75) is 57.3 Å². The fourth-order valence-electron chi connectivity index (χ4n) is 7.62. The number of likely N-dealkylation sites (tertiary alicyclic amines) is 1. The van der Waals surface area contributed by atoms with E-state index in [0.29, 0.717) is 78.7 Å². The Balaban J connectivity index is 1.08. The van der Waals surface area contributed by atoms with Gasteiger partial charge in [-0.2, -0.15) is 0 Å². The summed E-state index contributed by atoms with van der Waals surface area (Å²) in [5.74, 6) is 0.709. The summed E-state index contributed by atoms with van der Waals surface area (Å²) in [5.41, 5.74) is 7.56. The molecule has 3 atom stereocenters. The number of aliphatic carboxylic acids is 1. The summed E-state index contributed by atoms with van der Waals surface area (Å²) < 4.78 is 18.0. The zero-order chi connectivity index (χ0) is 36.4. The number of hydrogen-bond acceptors (Lipinski definition) is 8. The van der Waals surface area contributed by atoms with Crippen molar-refractivity contribution in [3.63, 3.8) is 0 Å². The van der Waals surface area contributed by atoms with Gasteiger partial charge in [0.15, 0.2) is 0 Å². The first kappa shape index (κ1) is 36.0. The molecule has 3 aliphatic rings. The van der Waals surface area contributed by atoms with E-state index >= 15 is 0 Å². The molecule has 1 aliphatic carbocycles. The number of methoxy groups -OCH3 is 2. The van der Waals surface area contributed by atoms with Crippen LogP contribution in [0.2, 0.25) is 10.0 Å². The molecule has 0 bridgehead atoms. The van der Waals surface area contributed by atoms with E-state index < -0.39 is 5.97 Å². The molecule has 7 rings (SSSR count). The highest BCUT2D eigenvalue weighted by molar-refractivity contribution is 6.36. The average molecular weight is 746 g/mol. The van der Waals surface area contributed by atoms with Crippen molar-refractivity contribution in [3.05, 3.63) is 93.0 Å². The number of carboxylic acids is 1. The van der Waals surface area contributed by atoms with Crippen LogP contribution in [0.5, 0.6) is 17.4 Å². The summed E-state index contributed by atoms with van der Waals surface area (Å²) in [5, 5.41) is 16.9. The summed E-state index contributed by atoms with van der Waals surface area (Å²) >= 11 is 14.0. The van der Waals surface area contributed by atoms with Crippen LogP contribution in [0, 0.1) is 5.92 Å².